The van der Waals surface area contributed by atoms with Gasteiger partial charge in [-0.05, 0) is 18.2 Å². The summed E-state index contributed by atoms with van der Waals surface area (Å²) in [4.78, 5) is 23.5. The molecule has 2 aromatic rings. The molecule has 0 bridgehead atoms. The fourth-order valence-electron chi connectivity index (χ4n) is 1.83. The first-order valence-corrected chi connectivity index (χ1v) is 7.00. The predicted molar refractivity (Wildman–Crippen MR) is 86.4 cm³/mol. The summed E-state index contributed by atoms with van der Waals surface area (Å²) in [5.74, 6) is 0.138. The number of carbonyl (C=O) groups excluding carboxylic acids is 2. The van der Waals surface area contributed by atoms with Gasteiger partial charge in [0, 0.05) is 18.8 Å². The molecule has 7 nitrogen and oxygen atoms in total. The highest BCUT2D eigenvalue weighted by Crippen LogP contribution is 2.15. The summed E-state index contributed by atoms with van der Waals surface area (Å²) in [7, 11) is 1.55. The van der Waals surface area contributed by atoms with Crippen molar-refractivity contribution in [3.63, 3.8) is 0 Å². The number of ether oxygens (including phenoxy) is 1. The zero-order valence-electron chi connectivity index (χ0n) is 12.8. The van der Waals surface area contributed by atoms with E-state index in [1.54, 1.807) is 43.6 Å². The average Bonchev–Trinajstić information content (AvgIpc) is 2.99. The van der Waals surface area contributed by atoms with Crippen molar-refractivity contribution in [2.45, 2.75) is 6.54 Å². The molecule has 0 unspecified atom stereocenters. The summed E-state index contributed by atoms with van der Waals surface area (Å²) in [5, 5.41) is 9.24. The second-order valence-electron chi connectivity index (χ2n) is 4.68. The second-order valence-corrected chi connectivity index (χ2v) is 4.68. The van der Waals surface area contributed by atoms with Crippen LogP contribution >= 0.6 is 0 Å². The van der Waals surface area contributed by atoms with Gasteiger partial charge in [-0.2, -0.15) is 5.10 Å². The van der Waals surface area contributed by atoms with Crippen LogP contribution in [0.4, 0.5) is 5.69 Å². The Balaban J connectivity index is 2.01. The maximum Gasteiger partial charge on any atom is 0.255 e. The number of anilines is 1. The van der Waals surface area contributed by atoms with Crippen LogP contribution in [0.25, 0.3) is 0 Å². The summed E-state index contributed by atoms with van der Waals surface area (Å²) in [6.45, 7) is 4.04. The van der Waals surface area contributed by atoms with Crippen LogP contribution in [0.2, 0.25) is 0 Å². The SMILES string of the molecule is C=CCOc1cccc(C(=O)Nc2cnn(CC(=O)NC)c2)c1. The van der Waals surface area contributed by atoms with Gasteiger partial charge in [-0.1, -0.05) is 18.7 Å². The molecule has 1 aromatic carbocycles. The Morgan fingerprint density at radius 3 is 3.00 bits per heavy atom. The molecule has 7 heteroatoms. The zero-order valence-corrected chi connectivity index (χ0v) is 12.8. The van der Waals surface area contributed by atoms with Crippen LogP contribution in [0.1, 0.15) is 10.4 Å². The Hall–Kier alpha value is -3.09. The number of hydrogen-bond acceptors (Lipinski definition) is 4. The number of hydrogen-bond donors (Lipinski definition) is 2. The van der Waals surface area contributed by atoms with Crippen molar-refractivity contribution in [2.24, 2.45) is 0 Å². The third-order valence-corrected chi connectivity index (χ3v) is 2.94. The Morgan fingerprint density at radius 1 is 1.43 bits per heavy atom. The van der Waals surface area contributed by atoms with Crippen molar-refractivity contribution in [1.29, 1.82) is 0 Å². The van der Waals surface area contributed by atoms with Crippen LogP contribution in [-0.2, 0) is 11.3 Å². The van der Waals surface area contributed by atoms with Crippen molar-refractivity contribution in [3.8, 4) is 5.75 Å². The average molecular weight is 314 g/mol. The molecule has 2 amide bonds. The van der Waals surface area contributed by atoms with Gasteiger partial charge >= 0.3 is 0 Å². The molecular weight excluding hydrogens is 296 g/mol. The van der Waals surface area contributed by atoms with Crippen LogP contribution in [0.5, 0.6) is 5.75 Å². The van der Waals surface area contributed by atoms with Gasteiger partial charge in [-0.25, -0.2) is 0 Å². The lowest BCUT2D eigenvalue weighted by Gasteiger charge is -2.06. The number of nitrogens with zero attached hydrogens (tertiary/aromatic N) is 2. The van der Waals surface area contributed by atoms with E-state index in [1.807, 2.05) is 0 Å². The van der Waals surface area contributed by atoms with Gasteiger partial charge in [0.1, 0.15) is 18.9 Å². The molecule has 23 heavy (non-hydrogen) atoms. The fraction of sp³-hybridized carbons (Fsp3) is 0.188. The molecule has 0 atom stereocenters. The minimum absolute atomic E-state index is 0.0945. The summed E-state index contributed by atoms with van der Waals surface area (Å²) in [6.07, 6.45) is 4.71. The Labute approximate surface area is 133 Å². The number of carbonyl (C=O) groups is 2. The Morgan fingerprint density at radius 2 is 2.26 bits per heavy atom. The molecule has 0 fully saturated rings. The van der Waals surface area contributed by atoms with E-state index >= 15 is 0 Å². The smallest absolute Gasteiger partial charge is 0.255 e. The van der Waals surface area contributed by atoms with Gasteiger partial charge in [0.05, 0.1) is 11.9 Å². The van der Waals surface area contributed by atoms with Crippen LogP contribution in [0, 0.1) is 0 Å². The molecule has 0 saturated carbocycles. The molecule has 0 saturated heterocycles. The number of benzene rings is 1. The Bertz CT molecular complexity index is 709. The second kappa shape index (κ2) is 7.79. The van der Waals surface area contributed by atoms with Crippen molar-refractivity contribution in [2.75, 3.05) is 19.0 Å². The quantitative estimate of drug-likeness (QED) is 0.757. The lowest BCUT2D eigenvalue weighted by molar-refractivity contribution is -0.121. The van der Waals surface area contributed by atoms with Gasteiger partial charge in [0.25, 0.3) is 5.91 Å². The van der Waals surface area contributed by atoms with E-state index in [-0.39, 0.29) is 18.4 Å². The fourth-order valence-corrected chi connectivity index (χ4v) is 1.83. The number of aromatic nitrogens is 2. The van der Waals surface area contributed by atoms with E-state index in [2.05, 4.69) is 22.3 Å². The van der Waals surface area contributed by atoms with E-state index < -0.39 is 0 Å². The number of likely N-dealkylation sites (N-methyl/N-ethyl adjacent to an activating group) is 1. The van der Waals surface area contributed by atoms with Crippen LogP contribution in [0.15, 0.2) is 49.3 Å². The Kier molecular flexibility index (Phi) is 5.51. The maximum atomic E-state index is 12.2. The van der Waals surface area contributed by atoms with Gasteiger partial charge in [0.2, 0.25) is 5.91 Å². The summed E-state index contributed by atoms with van der Waals surface area (Å²) in [5.41, 5.74) is 0.974. The van der Waals surface area contributed by atoms with Gasteiger partial charge in [-0.15, -0.1) is 0 Å². The highest BCUT2D eigenvalue weighted by molar-refractivity contribution is 6.04. The molecule has 2 rings (SSSR count). The summed E-state index contributed by atoms with van der Waals surface area (Å²) >= 11 is 0. The van der Waals surface area contributed by atoms with Gasteiger partial charge in [0.15, 0.2) is 0 Å². The minimum Gasteiger partial charge on any atom is -0.490 e. The van der Waals surface area contributed by atoms with Crippen LogP contribution < -0.4 is 15.4 Å². The van der Waals surface area contributed by atoms with E-state index in [9.17, 15) is 9.59 Å². The first-order chi connectivity index (χ1) is 11.1. The highest BCUT2D eigenvalue weighted by Gasteiger charge is 2.09. The molecule has 0 aliphatic carbocycles. The van der Waals surface area contributed by atoms with Crippen molar-refractivity contribution >= 4 is 17.5 Å². The van der Waals surface area contributed by atoms with Crippen molar-refractivity contribution in [3.05, 3.63) is 54.9 Å². The van der Waals surface area contributed by atoms with E-state index in [0.717, 1.165) is 0 Å². The first-order valence-electron chi connectivity index (χ1n) is 7.00. The predicted octanol–water partition coefficient (Wildman–Crippen LogP) is 1.45. The minimum atomic E-state index is -0.284. The lowest BCUT2D eigenvalue weighted by atomic mass is 10.2. The lowest BCUT2D eigenvalue weighted by Crippen LogP contribution is -2.23. The molecule has 1 heterocycles. The monoisotopic (exact) mass is 314 g/mol. The van der Waals surface area contributed by atoms with Crippen molar-refractivity contribution in [1.82, 2.24) is 15.1 Å². The van der Waals surface area contributed by atoms with E-state index in [1.165, 1.54) is 10.9 Å². The van der Waals surface area contributed by atoms with Gasteiger partial charge in [-0.3, -0.25) is 14.3 Å². The summed E-state index contributed by atoms with van der Waals surface area (Å²) in [6, 6.07) is 6.84. The summed E-state index contributed by atoms with van der Waals surface area (Å²) < 4.78 is 6.84. The highest BCUT2D eigenvalue weighted by atomic mass is 16.5. The normalized spacial score (nSPS) is 9.96. The number of amides is 2. The molecule has 2 N–H and O–H groups in total. The molecule has 0 aliphatic rings. The largest absolute Gasteiger partial charge is 0.490 e. The topological polar surface area (TPSA) is 85.2 Å². The molecule has 0 aliphatic heterocycles. The first kappa shape index (κ1) is 16.3. The van der Waals surface area contributed by atoms with Crippen molar-refractivity contribution < 1.29 is 14.3 Å². The molecule has 1 aromatic heterocycles. The maximum absolute atomic E-state index is 12.2. The van der Waals surface area contributed by atoms with E-state index in [0.29, 0.717) is 23.6 Å². The van der Waals surface area contributed by atoms with Crippen LogP contribution in [0.3, 0.4) is 0 Å². The molecule has 0 spiro atoms. The standard InChI is InChI=1S/C16H18N4O3/c1-3-7-23-14-6-4-5-12(8-14)16(22)19-13-9-18-20(10-13)11-15(21)17-2/h3-6,8-10H,1,7,11H2,2H3,(H,17,21)(H,19,22). The molecule has 0 radical (unpaired) electrons. The molecule has 120 valence electrons. The molecular formula is C16H18N4O3. The number of nitrogens with one attached hydrogen (secondary N) is 2. The van der Waals surface area contributed by atoms with Gasteiger partial charge < -0.3 is 15.4 Å². The zero-order chi connectivity index (χ0) is 16.7. The number of rotatable bonds is 7. The third kappa shape index (κ3) is 4.70. The third-order valence-electron chi connectivity index (χ3n) is 2.94. The van der Waals surface area contributed by atoms with Crippen LogP contribution in [-0.4, -0.2) is 35.2 Å². The van der Waals surface area contributed by atoms with E-state index in [4.69, 9.17) is 4.74 Å².